The SMILES string of the molecule is CC(=O)c1ccc(C)cc1.CSc1ccc(C(=O)O)c(C(=O)O)c1. The van der Waals surface area contributed by atoms with Crippen LogP contribution >= 0.6 is 11.8 Å². The minimum atomic E-state index is -1.23. The molecule has 0 aliphatic heterocycles. The predicted octanol–water partition coefficient (Wildman–Crippen LogP) is 4.00. The molecule has 5 nitrogen and oxygen atoms in total. The van der Waals surface area contributed by atoms with Crippen LogP contribution in [0.3, 0.4) is 0 Å². The molecule has 2 N–H and O–H groups in total. The molecule has 0 atom stereocenters. The molecule has 0 aliphatic carbocycles. The Morgan fingerprint density at radius 3 is 1.83 bits per heavy atom. The quantitative estimate of drug-likeness (QED) is 0.642. The van der Waals surface area contributed by atoms with Crippen molar-refractivity contribution in [2.24, 2.45) is 0 Å². The molecule has 0 unspecified atom stereocenters. The van der Waals surface area contributed by atoms with E-state index in [0.717, 1.165) is 10.5 Å². The van der Waals surface area contributed by atoms with Gasteiger partial charge in [0.15, 0.2) is 5.78 Å². The Morgan fingerprint density at radius 2 is 1.42 bits per heavy atom. The van der Waals surface area contributed by atoms with Crippen LogP contribution in [0.1, 0.15) is 43.6 Å². The molecule has 0 amide bonds. The monoisotopic (exact) mass is 346 g/mol. The van der Waals surface area contributed by atoms with Crippen molar-refractivity contribution in [3.05, 3.63) is 64.7 Å². The molecule has 2 aromatic carbocycles. The van der Waals surface area contributed by atoms with Gasteiger partial charge in [0.25, 0.3) is 0 Å². The Balaban J connectivity index is 0.000000254. The van der Waals surface area contributed by atoms with E-state index in [4.69, 9.17) is 10.2 Å². The summed E-state index contributed by atoms with van der Waals surface area (Å²) < 4.78 is 0. The van der Waals surface area contributed by atoms with Crippen LogP contribution in [0.5, 0.6) is 0 Å². The summed E-state index contributed by atoms with van der Waals surface area (Å²) >= 11 is 1.36. The third-order valence-electron chi connectivity index (χ3n) is 3.15. The average Bonchev–Trinajstić information content (AvgIpc) is 2.55. The molecule has 2 rings (SSSR count). The molecule has 0 bridgehead atoms. The Bertz CT molecular complexity index is 751. The highest BCUT2D eigenvalue weighted by molar-refractivity contribution is 7.98. The highest BCUT2D eigenvalue weighted by Gasteiger charge is 2.15. The van der Waals surface area contributed by atoms with Crippen LogP contribution in [0.25, 0.3) is 0 Å². The lowest BCUT2D eigenvalue weighted by molar-refractivity contribution is 0.0651. The number of ketones is 1. The van der Waals surface area contributed by atoms with Crippen molar-refractivity contribution in [1.29, 1.82) is 0 Å². The highest BCUT2D eigenvalue weighted by atomic mass is 32.2. The third kappa shape index (κ3) is 5.55. The summed E-state index contributed by atoms with van der Waals surface area (Å²) in [5.74, 6) is -2.33. The molecule has 6 heteroatoms. The largest absolute Gasteiger partial charge is 0.478 e. The molecule has 0 heterocycles. The molecule has 0 spiro atoms. The van der Waals surface area contributed by atoms with Crippen LogP contribution in [0.4, 0.5) is 0 Å². The minimum Gasteiger partial charge on any atom is -0.478 e. The van der Waals surface area contributed by atoms with Crippen molar-refractivity contribution in [3.63, 3.8) is 0 Å². The van der Waals surface area contributed by atoms with Crippen molar-refractivity contribution >= 4 is 29.5 Å². The zero-order chi connectivity index (χ0) is 18.3. The number of carbonyl (C=O) groups excluding carboxylic acids is 1. The van der Waals surface area contributed by atoms with Crippen LogP contribution in [-0.2, 0) is 0 Å². The number of aromatic carboxylic acids is 2. The standard InChI is InChI=1S/C9H8O4S.C9H10O/c1-14-5-2-3-6(8(10)11)7(4-5)9(12)13;1-7-3-5-9(6-4-7)8(2)10/h2-4H,1H3,(H,10,11)(H,12,13);3-6H,1-2H3. The summed E-state index contributed by atoms with van der Waals surface area (Å²) in [4.78, 5) is 32.9. The maximum Gasteiger partial charge on any atom is 0.336 e. The molecule has 0 radical (unpaired) electrons. The molecule has 0 aliphatic rings. The number of thioether (sulfide) groups is 1. The number of carboxylic acid groups (broad SMARTS) is 2. The zero-order valence-electron chi connectivity index (χ0n) is 13.6. The minimum absolute atomic E-state index is 0.125. The fourth-order valence-electron chi connectivity index (χ4n) is 1.80. The first-order valence-electron chi connectivity index (χ1n) is 6.98. The number of hydrogen-bond acceptors (Lipinski definition) is 4. The number of carboxylic acids is 2. The number of carbonyl (C=O) groups is 3. The molecule has 126 valence electrons. The van der Waals surface area contributed by atoms with Crippen LogP contribution < -0.4 is 0 Å². The van der Waals surface area contributed by atoms with Gasteiger partial charge in [0, 0.05) is 10.5 Å². The molecule has 24 heavy (non-hydrogen) atoms. The van der Waals surface area contributed by atoms with E-state index in [1.54, 1.807) is 19.2 Å². The van der Waals surface area contributed by atoms with Gasteiger partial charge in [0.1, 0.15) is 0 Å². The van der Waals surface area contributed by atoms with Crippen molar-refractivity contribution in [2.75, 3.05) is 6.26 Å². The number of benzene rings is 2. The third-order valence-corrected chi connectivity index (χ3v) is 3.87. The number of aryl methyl sites for hydroxylation is 1. The van der Waals surface area contributed by atoms with Gasteiger partial charge in [-0.3, -0.25) is 4.79 Å². The van der Waals surface area contributed by atoms with Crippen molar-refractivity contribution in [1.82, 2.24) is 0 Å². The smallest absolute Gasteiger partial charge is 0.336 e. The maximum atomic E-state index is 10.8. The lowest BCUT2D eigenvalue weighted by Gasteiger charge is -2.03. The van der Waals surface area contributed by atoms with Gasteiger partial charge in [-0.15, -0.1) is 11.8 Å². The van der Waals surface area contributed by atoms with Crippen LogP contribution in [0.2, 0.25) is 0 Å². The van der Waals surface area contributed by atoms with E-state index in [1.165, 1.54) is 29.5 Å². The predicted molar refractivity (Wildman–Crippen MR) is 93.3 cm³/mol. The fraction of sp³-hybridized carbons (Fsp3) is 0.167. The molecule has 0 fully saturated rings. The number of Topliss-reactive ketones (excluding diaryl/α,β-unsaturated/α-hetero) is 1. The van der Waals surface area contributed by atoms with Crippen LogP contribution in [0.15, 0.2) is 47.4 Å². The van der Waals surface area contributed by atoms with Crippen molar-refractivity contribution < 1.29 is 24.6 Å². The summed E-state index contributed by atoms with van der Waals surface area (Å²) in [7, 11) is 0. The first-order valence-corrected chi connectivity index (χ1v) is 8.21. The van der Waals surface area contributed by atoms with Gasteiger partial charge in [-0.1, -0.05) is 29.8 Å². The van der Waals surface area contributed by atoms with Gasteiger partial charge in [0.2, 0.25) is 0 Å². The maximum absolute atomic E-state index is 10.8. The van der Waals surface area contributed by atoms with E-state index < -0.39 is 11.9 Å². The summed E-state index contributed by atoms with van der Waals surface area (Å²) in [5, 5.41) is 17.5. The highest BCUT2D eigenvalue weighted by Crippen LogP contribution is 2.19. The van der Waals surface area contributed by atoms with E-state index >= 15 is 0 Å². The zero-order valence-corrected chi connectivity index (χ0v) is 14.4. The molecule has 0 aromatic heterocycles. The fourth-order valence-corrected chi connectivity index (χ4v) is 2.24. The van der Waals surface area contributed by atoms with E-state index in [1.807, 2.05) is 31.2 Å². The lowest BCUT2D eigenvalue weighted by Crippen LogP contribution is -2.07. The van der Waals surface area contributed by atoms with Gasteiger partial charge >= 0.3 is 11.9 Å². The van der Waals surface area contributed by atoms with Gasteiger partial charge in [0.05, 0.1) is 11.1 Å². The van der Waals surface area contributed by atoms with Crippen molar-refractivity contribution in [2.45, 2.75) is 18.7 Å². The second-order valence-electron chi connectivity index (χ2n) is 4.94. The molecular weight excluding hydrogens is 328 g/mol. The second kappa shape index (κ2) is 8.88. The van der Waals surface area contributed by atoms with Gasteiger partial charge in [-0.25, -0.2) is 9.59 Å². The average molecular weight is 346 g/mol. The molecule has 0 saturated heterocycles. The Morgan fingerprint density at radius 1 is 0.875 bits per heavy atom. The number of rotatable bonds is 4. The molecule has 0 saturated carbocycles. The van der Waals surface area contributed by atoms with E-state index in [0.29, 0.717) is 0 Å². The Labute approximate surface area is 144 Å². The van der Waals surface area contributed by atoms with Crippen LogP contribution in [0, 0.1) is 6.92 Å². The second-order valence-corrected chi connectivity index (χ2v) is 5.82. The van der Waals surface area contributed by atoms with Gasteiger partial charge in [-0.05, 0) is 38.3 Å². The summed E-state index contributed by atoms with van der Waals surface area (Å²) in [6, 6.07) is 11.8. The summed E-state index contributed by atoms with van der Waals surface area (Å²) in [6.07, 6.45) is 1.79. The van der Waals surface area contributed by atoms with Gasteiger partial charge < -0.3 is 10.2 Å². The number of hydrogen-bond donors (Lipinski definition) is 2. The topological polar surface area (TPSA) is 91.7 Å². The summed E-state index contributed by atoms with van der Waals surface area (Å²) in [6.45, 7) is 3.58. The van der Waals surface area contributed by atoms with Gasteiger partial charge in [-0.2, -0.15) is 0 Å². The van der Waals surface area contributed by atoms with E-state index in [-0.39, 0.29) is 16.9 Å². The summed E-state index contributed by atoms with van der Waals surface area (Å²) in [5.41, 5.74) is 1.61. The first-order chi connectivity index (χ1) is 11.3. The van der Waals surface area contributed by atoms with Crippen LogP contribution in [-0.4, -0.2) is 34.2 Å². The van der Waals surface area contributed by atoms with E-state index in [9.17, 15) is 14.4 Å². The Hall–Kier alpha value is -2.60. The Kier molecular flexibility index (Phi) is 7.20. The van der Waals surface area contributed by atoms with E-state index in [2.05, 4.69) is 0 Å². The van der Waals surface area contributed by atoms with Crippen molar-refractivity contribution in [3.8, 4) is 0 Å². The first kappa shape index (κ1) is 19.4. The normalized spacial score (nSPS) is 9.62. The lowest BCUT2D eigenvalue weighted by atomic mass is 10.1. The molecular formula is C18H18O5S. The molecule has 2 aromatic rings.